The van der Waals surface area contributed by atoms with E-state index in [1.807, 2.05) is 0 Å². The van der Waals surface area contributed by atoms with Crippen LogP contribution in [0.4, 0.5) is 8.78 Å². The highest BCUT2D eigenvalue weighted by Crippen LogP contribution is 2.08. The van der Waals surface area contributed by atoms with Gasteiger partial charge < -0.3 is 16.0 Å². The van der Waals surface area contributed by atoms with Crippen molar-refractivity contribution < 1.29 is 13.6 Å². The van der Waals surface area contributed by atoms with Gasteiger partial charge in [-0.25, -0.2) is 8.78 Å². The van der Waals surface area contributed by atoms with E-state index in [2.05, 4.69) is 10.3 Å². The number of carbonyl (C=O) groups excluding carboxylic acids is 1. The smallest absolute Gasteiger partial charge is 0.277 e. The third-order valence-corrected chi connectivity index (χ3v) is 1.65. The second-order valence-corrected chi connectivity index (χ2v) is 2.83. The van der Waals surface area contributed by atoms with Crippen LogP contribution in [-0.4, -0.2) is 29.9 Å². The molecule has 0 aliphatic heterocycles. The maximum absolute atomic E-state index is 12.6. The molecule has 0 radical (unpaired) electrons. The van der Waals surface area contributed by atoms with E-state index < -0.39 is 24.9 Å². The first-order valence-corrected chi connectivity index (χ1v) is 4.05. The number of nitrogens with one attached hydrogen (secondary N) is 2. The van der Waals surface area contributed by atoms with Gasteiger partial charge in [0.05, 0.1) is 13.1 Å². The van der Waals surface area contributed by atoms with E-state index in [0.29, 0.717) is 0 Å². The third-order valence-electron chi connectivity index (χ3n) is 1.65. The van der Waals surface area contributed by atoms with Crippen molar-refractivity contribution in [3.63, 3.8) is 0 Å². The predicted octanol–water partition coefficient (Wildman–Crippen LogP) is 0.338. The molecule has 1 amide bonds. The van der Waals surface area contributed by atoms with E-state index in [1.54, 1.807) is 6.07 Å². The van der Waals surface area contributed by atoms with Crippen LogP contribution in [0.2, 0.25) is 0 Å². The summed E-state index contributed by atoms with van der Waals surface area (Å²) in [7, 11) is 0. The summed E-state index contributed by atoms with van der Waals surface area (Å²) < 4.78 is 25.2. The molecular formula is C8H11F2N3O. The topological polar surface area (TPSA) is 70.9 Å². The number of hydrogen-bond donors (Lipinski definition) is 3. The zero-order valence-corrected chi connectivity index (χ0v) is 7.39. The minimum atomic E-state index is -3.05. The summed E-state index contributed by atoms with van der Waals surface area (Å²) in [5.41, 5.74) is 5.05. The van der Waals surface area contributed by atoms with Crippen molar-refractivity contribution >= 4 is 5.91 Å². The molecule has 1 rings (SSSR count). The van der Waals surface area contributed by atoms with Gasteiger partial charge in [0.2, 0.25) is 0 Å². The molecule has 1 aromatic heterocycles. The Morgan fingerprint density at radius 1 is 1.64 bits per heavy atom. The molecule has 1 heterocycles. The molecule has 0 aliphatic rings. The Morgan fingerprint density at radius 3 is 2.86 bits per heavy atom. The van der Waals surface area contributed by atoms with Crippen LogP contribution in [0.25, 0.3) is 0 Å². The van der Waals surface area contributed by atoms with Crippen molar-refractivity contribution in [3.05, 3.63) is 24.0 Å². The first-order chi connectivity index (χ1) is 6.55. The quantitative estimate of drug-likeness (QED) is 0.660. The Labute approximate surface area is 79.5 Å². The SMILES string of the molecule is NCC(F)(F)CNC(=O)c1ccc[nH]1. The summed E-state index contributed by atoms with van der Waals surface area (Å²) in [6.07, 6.45) is 1.54. The molecule has 6 heteroatoms. The molecule has 0 aliphatic carbocycles. The molecule has 0 saturated heterocycles. The van der Waals surface area contributed by atoms with Crippen LogP contribution >= 0.6 is 0 Å². The zero-order chi connectivity index (χ0) is 10.6. The van der Waals surface area contributed by atoms with E-state index in [9.17, 15) is 13.6 Å². The first-order valence-electron chi connectivity index (χ1n) is 4.05. The van der Waals surface area contributed by atoms with Gasteiger partial charge in [0.25, 0.3) is 11.8 Å². The maximum Gasteiger partial charge on any atom is 0.277 e. The second-order valence-electron chi connectivity index (χ2n) is 2.83. The molecule has 14 heavy (non-hydrogen) atoms. The highest BCUT2D eigenvalue weighted by Gasteiger charge is 2.27. The number of halogens is 2. The Kier molecular flexibility index (Phi) is 3.19. The monoisotopic (exact) mass is 203 g/mol. The molecule has 78 valence electrons. The van der Waals surface area contributed by atoms with Gasteiger partial charge in [-0.3, -0.25) is 4.79 Å². The summed E-state index contributed by atoms with van der Waals surface area (Å²) >= 11 is 0. The van der Waals surface area contributed by atoms with Crippen molar-refractivity contribution in [1.82, 2.24) is 10.3 Å². The van der Waals surface area contributed by atoms with Crippen LogP contribution in [0.1, 0.15) is 10.5 Å². The van der Waals surface area contributed by atoms with Crippen LogP contribution in [0.3, 0.4) is 0 Å². The number of aromatic amines is 1. The van der Waals surface area contributed by atoms with Crippen LogP contribution < -0.4 is 11.1 Å². The molecular weight excluding hydrogens is 192 g/mol. The van der Waals surface area contributed by atoms with E-state index in [-0.39, 0.29) is 5.69 Å². The number of carbonyl (C=O) groups is 1. The van der Waals surface area contributed by atoms with Crippen molar-refractivity contribution in [1.29, 1.82) is 0 Å². The van der Waals surface area contributed by atoms with Crippen molar-refractivity contribution in [3.8, 4) is 0 Å². The lowest BCUT2D eigenvalue weighted by atomic mass is 10.3. The Hall–Kier alpha value is -1.43. The zero-order valence-electron chi connectivity index (χ0n) is 7.39. The molecule has 0 bridgehead atoms. The third kappa shape index (κ3) is 2.81. The van der Waals surface area contributed by atoms with Gasteiger partial charge in [-0.05, 0) is 12.1 Å². The Morgan fingerprint density at radius 2 is 2.36 bits per heavy atom. The van der Waals surface area contributed by atoms with Gasteiger partial charge in [-0.15, -0.1) is 0 Å². The average Bonchev–Trinajstić information content (AvgIpc) is 2.67. The minimum Gasteiger partial charge on any atom is -0.357 e. The normalized spacial score (nSPS) is 11.4. The van der Waals surface area contributed by atoms with Gasteiger partial charge in [-0.1, -0.05) is 0 Å². The van der Waals surface area contributed by atoms with E-state index in [0.717, 1.165) is 0 Å². The molecule has 0 spiro atoms. The van der Waals surface area contributed by atoms with Crippen LogP contribution in [-0.2, 0) is 0 Å². The van der Waals surface area contributed by atoms with E-state index >= 15 is 0 Å². The standard InChI is InChI=1S/C8H11F2N3O/c9-8(10,4-11)5-13-7(14)6-2-1-3-12-6/h1-3,12H,4-5,11H2,(H,13,14). The van der Waals surface area contributed by atoms with E-state index in [4.69, 9.17) is 5.73 Å². The minimum absolute atomic E-state index is 0.248. The fourth-order valence-electron chi connectivity index (χ4n) is 0.849. The molecule has 0 unspecified atom stereocenters. The highest BCUT2D eigenvalue weighted by molar-refractivity contribution is 5.92. The Bertz CT molecular complexity index is 298. The fraction of sp³-hybridized carbons (Fsp3) is 0.375. The van der Waals surface area contributed by atoms with E-state index in [1.165, 1.54) is 12.3 Å². The molecule has 1 aromatic rings. The predicted molar refractivity (Wildman–Crippen MR) is 47.1 cm³/mol. The van der Waals surface area contributed by atoms with Gasteiger partial charge in [-0.2, -0.15) is 0 Å². The Balaban J connectivity index is 2.43. The highest BCUT2D eigenvalue weighted by atomic mass is 19.3. The van der Waals surface area contributed by atoms with Gasteiger partial charge >= 0.3 is 0 Å². The molecule has 4 nitrogen and oxygen atoms in total. The largest absolute Gasteiger partial charge is 0.357 e. The number of amides is 1. The summed E-state index contributed by atoms with van der Waals surface area (Å²) in [5.74, 6) is -3.62. The lowest BCUT2D eigenvalue weighted by Gasteiger charge is -2.13. The molecule has 0 atom stereocenters. The van der Waals surface area contributed by atoms with Crippen molar-refractivity contribution in [2.45, 2.75) is 5.92 Å². The summed E-state index contributed by atoms with van der Waals surface area (Å²) in [4.78, 5) is 13.8. The summed E-state index contributed by atoms with van der Waals surface area (Å²) in [6, 6.07) is 3.10. The molecule has 0 fully saturated rings. The number of rotatable bonds is 4. The lowest BCUT2D eigenvalue weighted by molar-refractivity contribution is 0.0118. The molecule has 0 aromatic carbocycles. The fourth-order valence-corrected chi connectivity index (χ4v) is 0.849. The number of hydrogen-bond acceptors (Lipinski definition) is 2. The van der Waals surface area contributed by atoms with Gasteiger partial charge in [0.1, 0.15) is 5.69 Å². The summed E-state index contributed by atoms with van der Waals surface area (Å²) in [6.45, 7) is -1.53. The van der Waals surface area contributed by atoms with Crippen molar-refractivity contribution in [2.24, 2.45) is 5.73 Å². The summed E-state index contributed by atoms with van der Waals surface area (Å²) in [5, 5.41) is 2.08. The van der Waals surface area contributed by atoms with Gasteiger partial charge in [0.15, 0.2) is 0 Å². The lowest BCUT2D eigenvalue weighted by Crippen LogP contribution is -2.41. The molecule has 0 saturated carbocycles. The van der Waals surface area contributed by atoms with Crippen LogP contribution in [0.5, 0.6) is 0 Å². The van der Waals surface area contributed by atoms with Crippen LogP contribution in [0.15, 0.2) is 18.3 Å². The van der Waals surface area contributed by atoms with Crippen LogP contribution in [0, 0.1) is 0 Å². The average molecular weight is 203 g/mol. The number of nitrogens with two attached hydrogens (primary N) is 1. The maximum atomic E-state index is 12.6. The van der Waals surface area contributed by atoms with Gasteiger partial charge in [0, 0.05) is 6.20 Å². The first kappa shape index (κ1) is 10.6. The number of alkyl halides is 2. The second kappa shape index (κ2) is 4.19. The molecule has 4 N–H and O–H groups in total. The van der Waals surface area contributed by atoms with Crippen molar-refractivity contribution in [2.75, 3.05) is 13.1 Å². The number of aromatic nitrogens is 1. The number of H-pyrrole nitrogens is 1.